The monoisotopic (exact) mass is 273 g/mol. The number of hydrogen-bond acceptors (Lipinski definition) is 5. The second-order valence-electron chi connectivity index (χ2n) is 5.00. The number of carbonyl (C=O) groups is 1. The second-order valence-corrected chi connectivity index (χ2v) is 5.00. The molecule has 1 rings (SSSR count). The van der Waals surface area contributed by atoms with Crippen LogP contribution in [0.25, 0.3) is 0 Å². The number of ether oxygens (including phenoxy) is 2. The maximum atomic E-state index is 11.1. The lowest BCUT2D eigenvalue weighted by atomic mass is 9.98. The van der Waals surface area contributed by atoms with Crippen molar-refractivity contribution in [2.24, 2.45) is 0 Å². The minimum Gasteiger partial charge on any atom is -0.466 e. The molecule has 1 unspecified atom stereocenters. The van der Waals surface area contributed by atoms with Gasteiger partial charge in [0.1, 0.15) is 0 Å². The van der Waals surface area contributed by atoms with Gasteiger partial charge in [-0.1, -0.05) is 19.3 Å². The highest BCUT2D eigenvalue weighted by Gasteiger charge is 2.13. The average molecular weight is 273 g/mol. The Labute approximate surface area is 115 Å². The van der Waals surface area contributed by atoms with Crippen molar-refractivity contribution in [2.45, 2.75) is 57.7 Å². The maximum absolute atomic E-state index is 11.1. The number of nitrogens with one attached hydrogen (secondary N) is 1. The van der Waals surface area contributed by atoms with Crippen molar-refractivity contribution in [3.05, 3.63) is 0 Å². The Bertz CT molecular complexity index is 242. The van der Waals surface area contributed by atoms with Crippen LogP contribution >= 0.6 is 0 Å². The molecule has 0 aliphatic heterocycles. The zero-order valence-corrected chi connectivity index (χ0v) is 11.9. The van der Waals surface area contributed by atoms with Crippen molar-refractivity contribution >= 4 is 5.97 Å². The van der Waals surface area contributed by atoms with Crippen molar-refractivity contribution in [2.75, 3.05) is 26.3 Å². The largest absolute Gasteiger partial charge is 0.466 e. The molecule has 1 atom stereocenters. The minimum absolute atomic E-state index is 0.0460. The van der Waals surface area contributed by atoms with Gasteiger partial charge in [-0.3, -0.25) is 4.79 Å². The van der Waals surface area contributed by atoms with Gasteiger partial charge in [-0.05, 0) is 19.8 Å². The Hall–Kier alpha value is -0.650. The lowest BCUT2D eigenvalue weighted by Crippen LogP contribution is -2.32. The number of rotatable bonds is 9. The van der Waals surface area contributed by atoms with Crippen molar-refractivity contribution < 1.29 is 19.4 Å². The zero-order chi connectivity index (χ0) is 13.9. The molecule has 0 heterocycles. The van der Waals surface area contributed by atoms with E-state index in [1.807, 2.05) is 0 Å². The molecular weight excluding hydrogens is 246 g/mol. The van der Waals surface area contributed by atoms with Gasteiger partial charge >= 0.3 is 5.97 Å². The van der Waals surface area contributed by atoms with Crippen LogP contribution < -0.4 is 5.32 Å². The van der Waals surface area contributed by atoms with E-state index in [-0.39, 0.29) is 12.4 Å². The van der Waals surface area contributed by atoms with E-state index in [4.69, 9.17) is 9.47 Å². The maximum Gasteiger partial charge on any atom is 0.308 e. The molecule has 0 aromatic rings. The van der Waals surface area contributed by atoms with Gasteiger partial charge in [0, 0.05) is 13.1 Å². The second kappa shape index (κ2) is 10.2. The third-order valence-corrected chi connectivity index (χ3v) is 3.27. The zero-order valence-electron chi connectivity index (χ0n) is 11.9. The summed E-state index contributed by atoms with van der Waals surface area (Å²) in [5.74, 6) is -0.352. The van der Waals surface area contributed by atoms with Gasteiger partial charge in [0.25, 0.3) is 0 Å². The molecule has 0 saturated heterocycles. The SMILES string of the molecule is CCOC(=O)CC(O)CNCCOC1CCCCC1. The third-order valence-electron chi connectivity index (χ3n) is 3.27. The summed E-state index contributed by atoms with van der Waals surface area (Å²) in [5.41, 5.74) is 0. The fourth-order valence-electron chi connectivity index (χ4n) is 2.28. The summed E-state index contributed by atoms with van der Waals surface area (Å²) in [4.78, 5) is 11.1. The molecule has 5 nitrogen and oxygen atoms in total. The first-order chi connectivity index (χ1) is 9.22. The standard InChI is InChI=1S/C14H27NO4/c1-2-18-14(17)10-12(16)11-15-8-9-19-13-6-4-3-5-7-13/h12-13,15-16H,2-11H2,1H3. The Balaban J connectivity index is 1.93. The lowest BCUT2D eigenvalue weighted by molar-refractivity contribution is -0.145. The number of carbonyl (C=O) groups excluding carboxylic acids is 1. The molecule has 2 N–H and O–H groups in total. The highest BCUT2D eigenvalue weighted by Crippen LogP contribution is 2.19. The van der Waals surface area contributed by atoms with E-state index in [1.54, 1.807) is 6.92 Å². The number of hydrogen-bond donors (Lipinski definition) is 2. The molecule has 19 heavy (non-hydrogen) atoms. The van der Waals surface area contributed by atoms with Gasteiger partial charge in [-0.2, -0.15) is 0 Å². The normalized spacial score (nSPS) is 18.2. The lowest BCUT2D eigenvalue weighted by Gasteiger charge is -2.22. The molecule has 1 fully saturated rings. The van der Waals surface area contributed by atoms with Crippen LogP contribution in [0, 0.1) is 0 Å². The van der Waals surface area contributed by atoms with Crippen LogP contribution in [-0.4, -0.2) is 49.6 Å². The summed E-state index contributed by atoms with van der Waals surface area (Å²) in [6.45, 7) is 3.87. The fourth-order valence-corrected chi connectivity index (χ4v) is 2.28. The molecule has 0 radical (unpaired) electrons. The summed E-state index contributed by atoms with van der Waals surface area (Å²) in [6, 6.07) is 0. The van der Waals surface area contributed by atoms with Crippen molar-refractivity contribution in [3.63, 3.8) is 0 Å². The van der Waals surface area contributed by atoms with E-state index in [0.29, 0.717) is 32.4 Å². The van der Waals surface area contributed by atoms with E-state index in [1.165, 1.54) is 32.1 Å². The molecular formula is C14H27NO4. The Morgan fingerprint density at radius 1 is 1.37 bits per heavy atom. The molecule has 1 aliphatic carbocycles. The smallest absolute Gasteiger partial charge is 0.308 e. The first kappa shape index (κ1) is 16.4. The van der Waals surface area contributed by atoms with Gasteiger partial charge in [0.05, 0.1) is 31.8 Å². The van der Waals surface area contributed by atoms with Crippen molar-refractivity contribution in [1.82, 2.24) is 5.32 Å². The van der Waals surface area contributed by atoms with Crippen LogP contribution in [0.5, 0.6) is 0 Å². The average Bonchev–Trinajstić information content (AvgIpc) is 2.39. The van der Waals surface area contributed by atoms with E-state index in [2.05, 4.69) is 5.32 Å². The van der Waals surface area contributed by atoms with Gasteiger partial charge in [-0.15, -0.1) is 0 Å². The first-order valence-corrected chi connectivity index (χ1v) is 7.38. The summed E-state index contributed by atoms with van der Waals surface area (Å²) in [5, 5.41) is 12.7. The molecule has 0 amide bonds. The Morgan fingerprint density at radius 2 is 2.11 bits per heavy atom. The van der Waals surface area contributed by atoms with Crippen LogP contribution in [0.15, 0.2) is 0 Å². The van der Waals surface area contributed by atoms with E-state index < -0.39 is 6.10 Å². The number of esters is 1. The molecule has 0 spiro atoms. The molecule has 0 aromatic carbocycles. The summed E-state index contributed by atoms with van der Waals surface area (Å²) in [6.07, 6.45) is 6.00. The van der Waals surface area contributed by atoms with Gasteiger partial charge in [-0.25, -0.2) is 0 Å². The van der Waals surface area contributed by atoms with Crippen molar-refractivity contribution in [3.8, 4) is 0 Å². The number of aliphatic hydroxyl groups excluding tert-OH is 1. The van der Waals surface area contributed by atoms with E-state index in [9.17, 15) is 9.90 Å². The third kappa shape index (κ3) is 8.18. The van der Waals surface area contributed by atoms with Crippen LogP contribution in [0.3, 0.4) is 0 Å². The van der Waals surface area contributed by atoms with Gasteiger partial charge in [0.15, 0.2) is 0 Å². The van der Waals surface area contributed by atoms with Gasteiger partial charge in [0.2, 0.25) is 0 Å². The fraction of sp³-hybridized carbons (Fsp3) is 0.929. The summed E-state index contributed by atoms with van der Waals surface area (Å²) < 4.78 is 10.5. The highest BCUT2D eigenvalue weighted by atomic mass is 16.5. The Morgan fingerprint density at radius 3 is 2.79 bits per heavy atom. The van der Waals surface area contributed by atoms with E-state index >= 15 is 0 Å². The summed E-state index contributed by atoms with van der Waals surface area (Å²) >= 11 is 0. The predicted molar refractivity (Wildman–Crippen MR) is 73.0 cm³/mol. The van der Waals surface area contributed by atoms with Gasteiger partial charge < -0.3 is 19.9 Å². The summed E-state index contributed by atoms with van der Waals surface area (Å²) in [7, 11) is 0. The number of aliphatic hydroxyl groups is 1. The van der Waals surface area contributed by atoms with Crippen molar-refractivity contribution in [1.29, 1.82) is 0 Å². The molecule has 5 heteroatoms. The molecule has 1 saturated carbocycles. The minimum atomic E-state index is -0.686. The van der Waals surface area contributed by atoms with Crippen LogP contribution in [0.2, 0.25) is 0 Å². The Kier molecular flexibility index (Phi) is 8.79. The molecule has 112 valence electrons. The van der Waals surface area contributed by atoms with Crippen LogP contribution in [0.1, 0.15) is 45.4 Å². The molecule has 0 bridgehead atoms. The van der Waals surface area contributed by atoms with E-state index in [0.717, 1.165) is 0 Å². The molecule has 1 aliphatic rings. The topological polar surface area (TPSA) is 67.8 Å². The first-order valence-electron chi connectivity index (χ1n) is 7.38. The highest BCUT2D eigenvalue weighted by molar-refractivity contribution is 5.69. The molecule has 0 aromatic heterocycles. The van der Waals surface area contributed by atoms with Crippen LogP contribution in [0.4, 0.5) is 0 Å². The quantitative estimate of drug-likeness (QED) is 0.489. The van der Waals surface area contributed by atoms with Crippen LogP contribution in [-0.2, 0) is 14.3 Å². The predicted octanol–water partition coefficient (Wildman–Crippen LogP) is 1.24.